The normalized spacial score (nSPS) is 13.5. The Kier molecular flexibility index (Phi) is 6.86. The van der Waals surface area contributed by atoms with Gasteiger partial charge in [0.2, 0.25) is 15.0 Å². The Morgan fingerprint density at radius 3 is 2.44 bits per heavy atom. The van der Waals surface area contributed by atoms with E-state index in [1.54, 1.807) is 13.1 Å². The van der Waals surface area contributed by atoms with Gasteiger partial charge in [-0.2, -0.15) is 5.10 Å². The molecule has 0 N–H and O–H groups in total. The summed E-state index contributed by atoms with van der Waals surface area (Å²) < 4.78 is 28.6. The highest BCUT2D eigenvalue weighted by Gasteiger charge is 2.24. The Morgan fingerprint density at radius 2 is 1.93 bits per heavy atom. The first-order valence-electron chi connectivity index (χ1n) is 9.61. The van der Waals surface area contributed by atoms with Gasteiger partial charge >= 0.3 is 0 Å². The maximum atomic E-state index is 12.4. The molecule has 0 aromatic carbocycles. The largest absolute Gasteiger partial charge is 0.318 e. The van der Waals surface area contributed by atoms with Gasteiger partial charge in [0.05, 0.1) is 23.3 Å². The lowest BCUT2D eigenvalue weighted by Crippen LogP contribution is -2.25. The predicted octanol–water partition coefficient (Wildman–Crippen LogP) is 3.02. The van der Waals surface area contributed by atoms with Crippen molar-refractivity contribution in [1.29, 1.82) is 0 Å². The Bertz CT molecular complexity index is 882. The van der Waals surface area contributed by atoms with Gasteiger partial charge in [-0.15, -0.1) is 0 Å². The molecule has 0 aliphatic heterocycles. The van der Waals surface area contributed by atoms with Crippen LogP contribution in [-0.4, -0.2) is 45.4 Å². The number of hydrogen-bond acceptors (Lipinski definition) is 5. The summed E-state index contributed by atoms with van der Waals surface area (Å²) in [6.07, 6.45) is 3.64. The van der Waals surface area contributed by atoms with Crippen molar-refractivity contribution in [2.45, 2.75) is 71.7 Å². The second-order valence-corrected chi connectivity index (χ2v) is 9.41. The minimum Gasteiger partial charge on any atom is -0.318 e. The molecular weight excluding hydrogens is 362 g/mol. The highest BCUT2D eigenvalue weighted by Crippen LogP contribution is 2.27. The molecule has 0 saturated carbocycles. The summed E-state index contributed by atoms with van der Waals surface area (Å²) >= 11 is 0. The van der Waals surface area contributed by atoms with Crippen LogP contribution in [0.4, 0.5) is 0 Å². The summed E-state index contributed by atoms with van der Waals surface area (Å²) in [5, 5.41) is 4.72. The first-order valence-corrected chi connectivity index (χ1v) is 11.3. The van der Waals surface area contributed by atoms with Crippen LogP contribution in [0, 0.1) is 13.8 Å². The molecule has 8 heteroatoms. The van der Waals surface area contributed by atoms with Gasteiger partial charge in [0.15, 0.2) is 0 Å². The Balaban J connectivity index is 2.33. The highest BCUT2D eigenvalue weighted by atomic mass is 32.2. The SMILES string of the molecule is CCCCn1c(CN(C)C(C)c2c(C)nn(C)c2C)cnc1S(=O)(=O)CC. The molecule has 0 bridgehead atoms. The molecule has 0 radical (unpaired) electrons. The van der Waals surface area contributed by atoms with E-state index < -0.39 is 9.84 Å². The van der Waals surface area contributed by atoms with Crippen molar-refractivity contribution in [3.63, 3.8) is 0 Å². The molecule has 2 heterocycles. The van der Waals surface area contributed by atoms with Gasteiger partial charge in [0.1, 0.15) is 0 Å². The second kappa shape index (κ2) is 8.56. The standard InChI is InChI=1S/C19H33N5O2S/c1-8-10-11-24-17(12-20-19(24)27(25,26)9-2)13-22(6)15(4)18-14(3)21-23(7)16(18)5/h12,15H,8-11,13H2,1-7H3. The van der Waals surface area contributed by atoms with Crippen LogP contribution in [0.5, 0.6) is 0 Å². The summed E-state index contributed by atoms with van der Waals surface area (Å²) in [4.78, 5) is 6.49. The lowest BCUT2D eigenvalue weighted by atomic mass is 10.1. The number of imidazole rings is 1. The van der Waals surface area contributed by atoms with Gasteiger partial charge < -0.3 is 4.57 Å². The summed E-state index contributed by atoms with van der Waals surface area (Å²) in [6.45, 7) is 11.3. The number of nitrogens with zero attached hydrogens (tertiary/aromatic N) is 5. The molecule has 0 amide bonds. The predicted molar refractivity (Wildman–Crippen MR) is 107 cm³/mol. The van der Waals surface area contributed by atoms with E-state index in [2.05, 4.69) is 42.8 Å². The van der Waals surface area contributed by atoms with Crippen LogP contribution in [-0.2, 0) is 30.0 Å². The fraction of sp³-hybridized carbons (Fsp3) is 0.684. The van der Waals surface area contributed by atoms with E-state index in [1.807, 2.05) is 23.2 Å². The molecule has 2 rings (SSSR count). The van der Waals surface area contributed by atoms with Crippen molar-refractivity contribution in [2.24, 2.45) is 7.05 Å². The number of unbranched alkanes of at least 4 members (excludes halogenated alkanes) is 1. The van der Waals surface area contributed by atoms with Crippen molar-refractivity contribution in [1.82, 2.24) is 24.2 Å². The quantitative estimate of drug-likeness (QED) is 0.652. The lowest BCUT2D eigenvalue weighted by Gasteiger charge is -2.26. The van der Waals surface area contributed by atoms with Crippen LogP contribution in [0.25, 0.3) is 0 Å². The Labute approximate surface area is 163 Å². The van der Waals surface area contributed by atoms with Crippen LogP contribution in [0.15, 0.2) is 11.4 Å². The van der Waals surface area contributed by atoms with E-state index in [0.29, 0.717) is 13.1 Å². The third-order valence-corrected chi connectivity index (χ3v) is 6.99. The number of rotatable bonds is 9. The number of aromatic nitrogens is 4. The second-order valence-electron chi connectivity index (χ2n) is 7.24. The zero-order valence-corrected chi connectivity index (χ0v) is 18.5. The van der Waals surface area contributed by atoms with Gasteiger partial charge in [0, 0.05) is 37.4 Å². The minimum absolute atomic E-state index is 0.0654. The number of sulfone groups is 1. The van der Waals surface area contributed by atoms with Crippen molar-refractivity contribution in [3.05, 3.63) is 28.8 Å². The van der Waals surface area contributed by atoms with E-state index in [1.165, 1.54) is 5.56 Å². The van der Waals surface area contributed by atoms with Crippen molar-refractivity contribution < 1.29 is 8.42 Å². The molecule has 152 valence electrons. The maximum Gasteiger partial charge on any atom is 0.227 e. The van der Waals surface area contributed by atoms with Crippen LogP contribution in [0.3, 0.4) is 0 Å². The number of hydrogen-bond donors (Lipinski definition) is 0. The molecule has 2 aromatic rings. The topological polar surface area (TPSA) is 73.0 Å². The molecular formula is C19H33N5O2S. The maximum absolute atomic E-state index is 12.4. The fourth-order valence-electron chi connectivity index (χ4n) is 3.46. The lowest BCUT2D eigenvalue weighted by molar-refractivity contribution is 0.244. The van der Waals surface area contributed by atoms with Crippen LogP contribution in [0.1, 0.15) is 62.3 Å². The van der Waals surface area contributed by atoms with Crippen LogP contribution >= 0.6 is 0 Å². The minimum atomic E-state index is -3.34. The molecule has 0 aliphatic carbocycles. The van der Waals surface area contributed by atoms with Crippen molar-refractivity contribution >= 4 is 9.84 Å². The first kappa shape index (κ1) is 21.6. The summed E-state index contributed by atoms with van der Waals surface area (Å²) in [5.41, 5.74) is 4.34. The van der Waals surface area contributed by atoms with Crippen LogP contribution < -0.4 is 0 Å². The average Bonchev–Trinajstić information content (AvgIpc) is 3.13. The average molecular weight is 396 g/mol. The number of aryl methyl sites for hydroxylation is 2. The molecule has 0 aliphatic rings. The van der Waals surface area contributed by atoms with E-state index in [4.69, 9.17) is 0 Å². The fourth-order valence-corrected chi connectivity index (χ4v) is 4.47. The summed E-state index contributed by atoms with van der Waals surface area (Å²) in [7, 11) is 0.679. The van der Waals surface area contributed by atoms with Gasteiger partial charge in [-0.25, -0.2) is 13.4 Å². The van der Waals surface area contributed by atoms with Crippen molar-refractivity contribution in [3.8, 4) is 0 Å². The molecule has 27 heavy (non-hydrogen) atoms. The van der Waals surface area contributed by atoms with E-state index in [9.17, 15) is 8.42 Å². The van der Waals surface area contributed by atoms with Gasteiger partial charge in [-0.3, -0.25) is 9.58 Å². The smallest absolute Gasteiger partial charge is 0.227 e. The molecule has 0 fully saturated rings. The molecule has 7 nitrogen and oxygen atoms in total. The third kappa shape index (κ3) is 4.43. The van der Waals surface area contributed by atoms with Gasteiger partial charge in [0.25, 0.3) is 0 Å². The molecule has 0 saturated heterocycles. The Hall–Kier alpha value is -1.67. The summed E-state index contributed by atoms with van der Waals surface area (Å²) in [6, 6.07) is 0.166. The molecule has 1 atom stereocenters. The highest BCUT2D eigenvalue weighted by molar-refractivity contribution is 7.91. The zero-order valence-electron chi connectivity index (χ0n) is 17.7. The third-order valence-electron chi connectivity index (χ3n) is 5.35. The zero-order chi connectivity index (χ0) is 20.4. The van der Waals surface area contributed by atoms with Crippen molar-refractivity contribution in [2.75, 3.05) is 12.8 Å². The first-order chi connectivity index (χ1) is 12.6. The molecule has 2 aromatic heterocycles. The van der Waals surface area contributed by atoms with Gasteiger partial charge in [-0.1, -0.05) is 20.3 Å². The Morgan fingerprint density at radius 1 is 1.26 bits per heavy atom. The van der Waals surface area contributed by atoms with E-state index in [0.717, 1.165) is 29.9 Å². The van der Waals surface area contributed by atoms with Gasteiger partial charge in [-0.05, 0) is 34.2 Å². The molecule has 1 unspecified atom stereocenters. The van der Waals surface area contributed by atoms with E-state index >= 15 is 0 Å². The van der Waals surface area contributed by atoms with E-state index in [-0.39, 0.29) is 17.0 Å². The van der Waals surface area contributed by atoms with Crippen LogP contribution in [0.2, 0.25) is 0 Å². The monoisotopic (exact) mass is 395 g/mol. The molecule has 0 spiro atoms. The summed E-state index contributed by atoms with van der Waals surface area (Å²) in [5.74, 6) is 0.0654.